The molecule has 1 saturated heterocycles. The van der Waals surface area contributed by atoms with Crippen LogP contribution in [0.2, 0.25) is 0 Å². The smallest absolute Gasteiger partial charge is 0.242 e. The standard InChI is InChI=1S/C13H17BrN2O/c1-3-15-6-7-16(9-13(15)17)11-5-4-10(2)12(14)8-11/h4-5,8H,3,6-7,9H2,1-2H3. The summed E-state index contributed by atoms with van der Waals surface area (Å²) in [5.74, 6) is 0.218. The molecular weight excluding hydrogens is 280 g/mol. The number of carbonyl (C=O) groups is 1. The molecule has 1 aliphatic heterocycles. The van der Waals surface area contributed by atoms with Crippen LogP contribution in [0.4, 0.5) is 5.69 Å². The quantitative estimate of drug-likeness (QED) is 0.837. The molecule has 0 radical (unpaired) electrons. The fourth-order valence-electron chi connectivity index (χ4n) is 2.04. The monoisotopic (exact) mass is 296 g/mol. The number of aryl methyl sites for hydroxylation is 1. The molecule has 3 nitrogen and oxygen atoms in total. The fraction of sp³-hybridized carbons (Fsp3) is 0.462. The molecule has 0 spiro atoms. The van der Waals surface area contributed by atoms with E-state index < -0.39 is 0 Å². The molecule has 1 heterocycles. The highest BCUT2D eigenvalue weighted by molar-refractivity contribution is 9.10. The maximum atomic E-state index is 11.8. The second-order valence-corrected chi connectivity index (χ2v) is 5.18. The van der Waals surface area contributed by atoms with Crippen LogP contribution in [-0.2, 0) is 4.79 Å². The highest BCUT2D eigenvalue weighted by atomic mass is 79.9. The number of halogens is 1. The van der Waals surface area contributed by atoms with Crippen LogP contribution in [-0.4, -0.2) is 37.0 Å². The molecule has 1 amide bonds. The number of benzene rings is 1. The Kier molecular flexibility index (Phi) is 3.72. The van der Waals surface area contributed by atoms with E-state index >= 15 is 0 Å². The van der Waals surface area contributed by atoms with E-state index in [1.54, 1.807) is 0 Å². The summed E-state index contributed by atoms with van der Waals surface area (Å²) in [7, 11) is 0. The summed E-state index contributed by atoms with van der Waals surface area (Å²) < 4.78 is 1.10. The molecule has 0 N–H and O–H groups in total. The maximum Gasteiger partial charge on any atom is 0.242 e. The van der Waals surface area contributed by atoms with Crippen molar-refractivity contribution in [3.63, 3.8) is 0 Å². The number of amides is 1. The van der Waals surface area contributed by atoms with Gasteiger partial charge in [-0.25, -0.2) is 0 Å². The molecule has 0 atom stereocenters. The zero-order chi connectivity index (χ0) is 12.4. The molecule has 2 rings (SSSR count). The van der Waals surface area contributed by atoms with Gasteiger partial charge in [0.25, 0.3) is 0 Å². The van der Waals surface area contributed by atoms with E-state index in [0.29, 0.717) is 6.54 Å². The predicted octanol–water partition coefficient (Wildman–Crippen LogP) is 2.43. The van der Waals surface area contributed by atoms with Gasteiger partial charge in [0.05, 0.1) is 6.54 Å². The van der Waals surface area contributed by atoms with Crippen molar-refractivity contribution in [3.05, 3.63) is 28.2 Å². The van der Waals surface area contributed by atoms with E-state index in [1.165, 1.54) is 5.56 Å². The Morgan fingerprint density at radius 3 is 2.71 bits per heavy atom. The lowest BCUT2D eigenvalue weighted by molar-refractivity contribution is -0.130. The van der Waals surface area contributed by atoms with Crippen molar-refractivity contribution in [3.8, 4) is 0 Å². The molecular formula is C13H17BrN2O. The van der Waals surface area contributed by atoms with Crippen LogP contribution in [0.15, 0.2) is 22.7 Å². The van der Waals surface area contributed by atoms with Gasteiger partial charge in [0.15, 0.2) is 0 Å². The number of hydrogen-bond acceptors (Lipinski definition) is 2. The lowest BCUT2D eigenvalue weighted by Crippen LogP contribution is -2.50. The highest BCUT2D eigenvalue weighted by Crippen LogP contribution is 2.24. The molecule has 0 bridgehead atoms. The van der Waals surface area contributed by atoms with E-state index in [9.17, 15) is 4.79 Å². The topological polar surface area (TPSA) is 23.6 Å². The summed E-state index contributed by atoms with van der Waals surface area (Å²) in [6.07, 6.45) is 0. The molecule has 0 unspecified atom stereocenters. The molecule has 1 aromatic carbocycles. The number of likely N-dealkylation sites (N-methyl/N-ethyl adjacent to an activating group) is 1. The molecule has 0 saturated carbocycles. The van der Waals surface area contributed by atoms with Crippen LogP contribution >= 0.6 is 15.9 Å². The first-order valence-electron chi connectivity index (χ1n) is 5.90. The van der Waals surface area contributed by atoms with E-state index in [0.717, 1.165) is 29.8 Å². The average molecular weight is 297 g/mol. The van der Waals surface area contributed by atoms with Gasteiger partial charge >= 0.3 is 0 Å². The van der Waals surface area contributed by atoms with Crippen molar-refractivity contribution < 1.29 is 4.79 Å². The van der Waals surface area contributed by atoms with E-state index in [4.69, 9.17) is 0 Å². The molecule has 0 aromatic heterocycles. The third-order valence-corrected chi connectivity index (χ3v) is 4.08. The van der Waals surface area contributed by atoms with Gasteiger partial charge in [-0.2, -0.15) is 0 Å². The largest absolute Gasteiger partial charge is 0.360 e. The lowest BCUT2D eigenvalue weighted by atomic mass is 10.2. The zero-order valence-corrected chi connectivity index (χ0v) is 11.8. The van der Waals surface area contributed by atoms with E-state index in [1.807, 2.05) is 11.8 Å². The molecule has 92 valence electrons. The molecule has 1 fully saturated rings. The van der Waals surface area contributed by atoms with Crippen molar-refractivity contribution in [2.75, 3.05) is 31.1 Å². The number of anilines is 1. The Balaban J connectivity index is 2.14. The van der Waals surface area contributed by atoms with Gasteiger partial charge in [-0.1, -0.05) is 22.0 Å². The maximum absolute atomic E-state index is 11.8. The summed E-state index contributed by atoms with van der Waals surface area (Å²) in [5.41, 5.74) is 2.33. The molecule has 17 heavy (non-hydrogen) atoms. The van der Waals surface area contributed by atoms with Crippen molar-refractivity contribution in [2.45, 2.75) is 13.8 Å². The normalized spacial score (nSPS) is 16.5. The Hall–Kier alpha value is -1.03. The minimum atomic E-state index is 0.218. The van der Waals surface area contributed by atoms with Crippen LogP contribution in [0.1, 0.15) is 12.5 Å². The molecule has 1 aliphatic rings. The van der Waals surface area contributed by atoms with Gasteiger partial charge in [-0.05, 0) is 31.5 Å². The summed E-state index contributed by atoms with van der Waals surface area (Å²) >= 11 is 3.53. The first kappa shape index (κ1) is 12.4. The Morgan fingerprint density at radius 1 is 1.35 bits per heavy atom. The van der Waals surface area contributed by atoms with Crippen molar-refractivity contribution in [1.29, 1.82) is 0 Å². The second kappa shape index (κ2) is 5.08. The predicted molar refractivity (Wildman–Crippen MR) is 73.3 cm³/mol. The highest BCUT2D eigenvalue weighted by Gasteiger charge is 2.22. The van der Waals surface area contributed by atoms with Gasteiger partial charge in [0, 0.05) is 29.8 Å². The van der Waals surface area contributed by atoms with Gasteiger partial charge in [0.2, 0.25) is 5.91 Å². The number of piperazine rings is 1. The Bertz CT molecular complexity index is 433. The number of hydrogen-bond donors (Lipinski definition) is 0. The van der Waals surface area contributed by atoms with Crippen LogP contribution < -0.4 is 4.90 Å². The van der Waals surface area contributed by atoms with Gasteiger partial charge in [0.1, 0.15) is 0 Å². The van der Waals surface area contributed by atoms with Crippen molar-refractivity contribution in [2.24, 2.45) is 0 Å². The van der Waals surface area contributed by atoms with Crippen LogP contribution in [0.25, 0.3) is 0 Å². The summed E-state index contributed by atoms with van der Waals surface area (Å²) in [4.78, 5) is 15.9. The average Bonchev–Trinajstić information content (AvgIpc) is 2.32. The van der Waals surface area contributed by atoms with Crippen LogP contribution in [0.3, 0.4) is 0 Å². The Morgan fingerprint density at radius 2 is 2.12 bits per heavy atom. The molecule has 4 heteroatoms. The van der Waals surface area contributed by atoms with Crippen LogP contribution in [0.5, 0.6) is 0 Å². The van der Waals surface area contributed by atoms with Gasteiger partial charge < -0.3 is 9.80 Å². The van der Waals surface area contributed by atoms with Crippen molar-refractivity contribution >= 4 is 27.5 Å². The molecule has 1 aromatic rings. The minimum absolute atomic E-state index is 0.218. The van der Waals surface area contributed by atoms with E-state index in [-0.39, 0.29) is 5.91 Å². The Labute approximate surface area is 111 Å². The number of rotatable bonds is 2. The zero-order valence-electron chi connectivity index (χ0n) is 10.2. The number of nitrogens with zero attached hydrogens (tertiary/aromatic N) is 2. The van der Waals surface area contributed by atoms with E-state index in [2.05, 4.69) is 46.0 Å². The lowest BCUT2D eigenvalue weighted by Gasteiger charge is -2.35. The van der Waals surface area contributed by atoms with Crippen LogP contribution in [0, 0.1) is 6.92 Å². The third-order valence-electron chi connectivity index (χ3n) is 3.22. The summed E-state index contributed by atoms with van der Waals surface area (Å²) in [6, 6.07) is 6.25. The van der Waals surface area contributed by atoms with Crippen molar-refractivity contribution in [1.82, 2.24) is 4.90 Å². The second-order valence-electron chi connectivity index (χ2n) is 4.33. The SMILES string of the molecule is CCN1CCN(c2ccc(C)c(Br)c2)CC1=O. The molecule has 0 aliphatic carbocycles. The first-order valence-corrected chi connectivity index (χ1v) is 6.70. The summed E-state index contributed by atoms with van der Waals surface area (Å²) in [6.45, 7) is 7.12. The summed E-state index contributed by atoms with van der Waals surface area (Å²) in [5, 5.41) is 0. The van der Waals surface area contributed by atoms with Gasteiger partial charge in [-0.15, -0.1) is 0 Å². The minimum Gasteiger partial charge on any atom is -0.360 e. The number of carbonyl (C=O) groups excluding carboxylic acids is 1. The fourth-order valence-corrected chi connectivity index (χ4v) is 2.41. The third kappa shape index (κ3) is 2.63. The first-order chi connectivity index (χ1) is 8.11. The van der Waals surface area contributed by atoms with Gasteiger partial charge in [-0.3, -0.25) is 4.79 Å².